The van der Waals surface area contributed by atoms with E-state index in [9.17, 15) is 0 Å². The minimum atomic E-state index is -0.0304. The Balaban J connectivity index is 1.14. The van der Waals surface area contributed by atoms with Gasteiger partial charge in [0.2, 0.25) is 0 Å². The summed E-state index contributed by atoms with van der Waals surface area (Å²) in [6, 6.07) is 63.1. The molecule has 0 bridgehead atoms. The van der Waals surface area contributed by atoms with Gasteiger partial charge in [0.15, 0.2) is 0 Å². The largest absolute Gasteiger partial charge is 0.0616 e. The lowest BCUT2D eigenvalue weighted by Gasteiger charge is -2.21. The molecule has 0 aliphatic heterocycles. The summed E-state index contributed by atoms with van der Waals surface area (Å²) in [6.45, 7) is 4.72. The molecule has 0 saturated heterocycles. The van der Waals surface area contributed by atoms with E-state index in [4.69, 9.17) is 0 Å². The zero-order valence-corrected chi connectivity index (χ0v) is 27.7. The molecule has 1 aliphatic carbocycles. The van der Waals surface area contributed by atoms with E-state index in [0.29, 0.717) is 0 Å². The lowest BCUT2D eigenvalue weighted by atomic mass is 9.82. The highest BCUT2D eigenvalue weighted by Gasteiger charge is 2.36. The van der Waals surface area contributed by atoms with Crippen molar-refractivity contribution in [2.75, 3.05) is 0 Å². The Kier molecular flexibility index (Phi) is 6.02. The van der Waals surface area contributed by atoms with E-state index in [1.807, 2.05) is 0 Å². The summed E-state index contributed by atoms with van der Waals surface area (Å²) in [5.41, 5.74) is 13.1. The van der Waals surface area contributed by atoms with Gasteiger partial charge in [0.25, 0.3) is 0 Å². The number of hydrogen-bond acceptors (Lipinski definition) is 0. The van der Waals surface area contributed by atoms with Gasteiger partial charge in [0.05, 0.1) is 0 Å². The Morgan fingerprint density at radius 1 is 0.306 bits per heavy atom. The van der Waals surface area contributed by atoms with E-state index in [1.165, 1.54) is 98.7 Å². The molecule has 0 N–H and O–H groups in total. The normalized spacial score (nSPS) is 13.3. The summed E-state index contributed by atoms with van der Waals surface area (Å²) in [5, 5.41) is 10.3. The van der Waals surface area contributed by atoms with E-state index in [-0.39, 0.29) is 5.41 Å². The van der Waals surface area contributed by atoms with Crippen molar-refractivity contribution < 1.29 is 0 Å². The molecule has 0 heteroatoms. The van der Waals surface area contributed by atoms with Crippen molar-refractivity contribution in [3.63, 3.8) is 0 Å². The molecule has 0 aromatic heterocycles. The Bertz CT molecular complexity index is 2720. The second kappa shape index (κ2) is 10.5. The van der Waals surface area contributed by atoms with Crippen LogP contribution in [0.4, 0.5) is 0 Å². The van der Waals surface area contributed by atoms with Crippen molar-refractivity contribution >= 4 is 43.1 Å². The molecule has 0 saturated carbocycles. The molecule has 0 atom stereocenters. The van der Waals surface area contributed by atoms with Crippen LogP contribution in [0.5, 0.6) is 0 Å². The molecule has 0 amide bonds. The third-order valence-corrected chi connectivity index (χ3v) is 11.1. The molecular formula is C49H34. The molecule has 9 aromatic carbocycles. The Hall–Kier alpha value is -5.98. The molecule has 0 spiro atoms. The van der Waals surface area contributed by atoms with E-state index in [1.54, 1.807) is 0 Å². The minimum Gasteiger partial charge on any atom is -0.0616 e. The molecule has 0 radical (unpaired) electrons. The quantitative estimate of drug-likeness (QED) is 0.172. The summed E-state index contributed by atoms with van der Waals surface area (Å²) in [4.78, 5) is 0. The van der Waals surface area contributed by atoms with Gasteiger partial charge in [-0.25, -0.2) is 0 Å². The molecule has 10 rings (SSSR count). The Morgan fingerprint density at radius 2 is 0.796 bits per heavy atom. The average Bonchev–Trinajstić information content (AvgIpc) is 3.39. The van der Waals surface area contributed by atoms with Crippen molar-refractivity contribution in [1.29, 1.82) is 0 Å². The highest BCUT2D eigenvalue weighted by molar-refractivity contribution is 6.23. The smallest absolute Gasteiger partial charge is 0.0159 e. The van der Waals surface area contributed by atoms with Crippen LogP contribution in [0.1, 0.15) is 25.0 Å². The summed E-state index contributed by atoms with van der Waals surface area (Å²) < 4.78 is 0. The van der Waals surface area contributed by atoms with Crippen molar-refractivity contribution in [3.8, 4) is 44.5 Å². The topological polar surface area (TPSA) is 0 Å². The van der Waals surface area contributed by atoms with Crippen LogP contribution in [0.25, 0.3) is 87.6 Å². The molecule has 1 aliphatic rings. The van der Waals surface area contributed by atoms with Gasteiger partial charge in [0, 0.05) is 5.41 Å². The van der Waals surface area contributed by atoms with Gasteiger partial charge < -0.3 is 0 Å². The maximum Gasteiger partial charge on any atom is 0.0159 e. The van der Waals surface area contributed by atoms with Gasteiger partial charge in [-0.2, -0.15) is 0 Å². The lowest BCUT2D eigenvalue weighted by Crippen LogP contribution is -2.14. The summed E-state index contributed by atoms with van der Waals surface area (Å²) in [7, 11) is 0. The number of benzene rings is 9. The van der Waals surface area contributed by atoms with Crippen LogP contribution in [0, 0.1) is 0 Å². The number of hydrogen-bond donors (Lipinski definition) is 0. The predicted octanol–water partition coefficient (Wildman–Crippen LogP) is 13.6. The first-order chi connectivity index (χ1) is 24.1. The maximum absolute atomic E-state index is 2.42. The SMILES string of the molecule is CC1(C)c2ccc(-c3ccc(-c4c5ccccc5c(-c5cccc6ccccc56)c5ccccc45)cc3)cc2-c2c1ccc1ccccc21. The zero-order valence-electron chi connectivity index (χ0n) is 27.7. The number of rotatable bonds is 3. The van der Waals surface area contributed by atoms with Crippen molar-refractivity contribution in [1.82, 2.24) is 0 Å². The van der Waals surface area contributed by atoms with Gasteiger partial charge >= 0.3 is 0 Å². The van der Waals surface area contributed by atoms with E-state index in [0.717, 1.165) is 0 Å². The third-order valence-electron chi connectivity index (χ3n) is 11.1. The van der Waals surface area contributed by atoms with Crippen LogP contribution in [0.3, 0.4) is 0 Å². The molecule has 0 heterocycles. The van der Waals surface area contributed by atoms with Gasteiger partial charge in [-0.3, -0.25) is 0 Å². The van der Waals surface area contributed by atoms with Gasteiger partial charge in [-0.1, -0.05) is 178 Å². The fraction of sp³-hybridized carbons (Fsp3) is 0.0612. The summed E-state index contributed by atoms with van der Waals surface area (Å²) >= 11 is 0. The molecule has 0 nitrogen and oxygen atoms in total. The van der Waals surface area contributed by atoms with Gasteiger partial charge in [-0.05, 0) is 105 Å². The van der Waals surface area contributed by atoms with Crippen LogP contribution < -0.4 is 0 Å². The monoisotopic (exact) mass is 622 g/mol. The van der Waals surface area contributed by atoms with Crippen molar-refractivity contribution in [2.45, 2.75) is 19.3 Å². The Labute approximate surface area is 286 Å². The Morgan fingerprint density at radius 3 is 1.47 bits per heavy atom. The maximum atomic E-state index is 2.42. The summed E-state index contributed by atoms with van der Waals surface area (Å²) in [5.74, 6) is 0. The lowest BCUT2D eigenvalue weighted by molar-refractivity contribution is 0.661. The third kappa shape index (κ3) is 4.11. The summed E-state index contributed by atoms with van der Waals surface area (Å²) in [6.07, 6.45) is 0. The second-order valence-electron chi connectivity index (χ2n) is 14.0. The predicted molar refractivity (Wildman–Crippen MR) is 210 cm³/mol. The number of fused-ring (bicyclic) bond motifs is 8. The van der Waals surface area contributed by atoms with Gasteiger partial charge in [0.1, 0.15) is 0 Å². The minimum absolute atomic E-state index is 0.0304. The zero-order chi connectivity index (χ0) is 32.7. The van der Waals surface area contributed by atoms with E-state index < -0.39 is 0 Å². The van der Waals surface area contributed by atoms with E-state index in [2.05, 4.69) is 184 Å². The highest BCUT2D eigenvalue weighted by Crippen LogP contribution is 2.52. The van der Waals surface area contributed by atoms with Crippen LogP contribution in [0.15, 0.2) is 170 Å². The fourth-order valence-corrected chi connectivity index (χ4v) is 8.71. The first kappa shape index (κ1) is 28.1. The standard InChI is InChI=1S/C49H34/c1-49(2)44-28-27-35(30-43(44)48-37-16-6-4-13-33(37)26-29-45(48)49)31-22-24-34(25-23-31)46-39-17-7-9-19-41(39)47(42-20-10-8-18-40(42)46)38-21-11-14-32-12-3-5-15-36(32)38/h3-30H,1-2H3. The van der Waals surface area contributed by atoms with Gasteiger partial charge in [-0.15, -0.1) is 0 Å². The van der Waals surface area contributed by atoms with Crippen LogP contribution in [-0.4, -0.2) is 0 Å². The van der Waals surface area contributed by atoms with Crippen LogP contribution in [-0.2, 0) is 5.41 Å². The average molecular weight is 623 g/mol. The second-order valence-corrected chi connectivity index (χ2v) is 14.0. The molecular weight excluding hydrogens is 589 g/mol. The van der Waals surface area contributed by atoms with Crippen molar-refractivity contribution in [2.24, 2.45) is 0 Å². The molecule has 49 heavy (non-hydrogen) atoms. The fourth-order valence-electron chi connectivity index (χ4n) is 8.71. The van der Waals surface area contributed by atoms with Crippen molar-refractivity contribution in [3.05, 3.63) is 181 Å². The highest BCUT2D eigenvalue weighted by atomic mass is 14.4. The van der Waals surface area contributed by atoms with Crippen LogP contribution >= 0.6 is 0 Å². The van der Waals surface area contributed by atoms with E-state index >= 15 is 0 Å². The molecule has 0 unspecified atom stereocenters. The molecule has 0 fully saturated rings. The van der Waals surface area contributed by atoms with Crippen LogP contribution in [0.2, 0.25) is 0 Å². The first-order valence-corrected chi connectivity index (χ1v) is 17.3. The molecule has 9 aromatic rings. The first-order valence-electron chi connectivity index (χ1n) is 17.3. The molecule has 230 valence electrons.